The van der Waals surface area contributed by atoms with E-state index in [-0.39, 0.29) is 18.6 Å². The van der Waals surface area contributed by atoms with Gasteiger partial charge in [0.2, 0.25) is 16.8 Å². The lowest BCUT2D eigenvalue weighted by Crippen LogP contribution is -2.30. The maximum Gasteiger partial charge on any atom is 0.231 e. The third-order valence-electron chi connectivity index (χ3n) is 3.03. The van der Waals surface area contributed by atoms with Crippen LogP contribution in [-0.2, 0) is 10.0 Å². The van der Waals surface area contributed by atoms with Crippen LogP contribution in [0.5, 0.6) is 11.5 Å². The molecule has 0 amide bonds. The van der Waals surface area contributed by atoms with Crippen molar-refractivity contribution in [2.24, 2.45) is 0 Å². The zero-order chi connectivity index (χ0) is 13.9. The summed E-state index contributed by atoms with van der Waals surface area (Å²) >= 11 is 0. The molecule has 0 spiro atoms. The fourth-order valence-electron chi connectivity index (χ4n) is 1.81. The standard InChI is InChI=1S/C12H18N2O4S/c1-9(14-5-6-19(15,16)13-2)10-3-4-11-12(7-10)18-8-17-11/h3-4,7,9,13-14H,5-6,8H2,1-2H3. The predicted molar refractivity (Wildman–Crippen MR) is 71.8 cm³/mol. The normalized spacial score (nSPS) is 15.5. The minimum Gasteiger partial charge on any atom is -0.454 e. The van der Waals surface area contributed by atoms with Gasteiger partial charge in [0.15, 0.2) is 11.5 Å². The molecule has 0 saturated heterocycles. The van der Waals surface area contributed by atoms with E-state index in [1.165, 1.54) is 7.05 Å². The molecule has 1 heterocycles. The lowest BCUT2D eigenvalue weighted by atomic mass is 10.1. The molecule has 6 nitrogen and oxygen atoms in total. The van der Waals surface area contributed by atoms with Crippen LogP contribution in [0, 0.1) is 0 Å². The average Bonchev–Trinajstić information content (AvgIpc) is 2.85. The van der Waals surface area contributed by atoms with Crippen LogP contribution in [0.2, 0.25) is 0 Å². The van der Waals surface area contributed by atoms with E-state index in [0.29, 0.717) is 6.54 Å². The molecule has 1 unspecified atom stereocenters. The second kappa shape index (κ2) is 5.77. The molecule has 7 heteroatoms. The number of rotatable bonds is 6. The smallest absolute Gasteiger partial charge is 0.231 e. The highest BCUT2D eigenvalue weighted by molar-refractivity contribution is 7.89. The number of fused-ring (bicyclic) bond motifs is 1. The summed E-state index contributed by atoms with van der Waals surface area (Å²) in [6.45, 7) is 2.61. The second-order valence-electron chi connectivity index (χ2n) is 4.31. The molecule has 0 aliphatic carbocycles. The largest absolute Gasteiger partial charge is 0.454 e. The van der Waals surface area contributed by atoms with Crippen LogP contribution in [-0.4, -0.2) is 34.6 Å². The minimum atomic E-state index is -3.16. The Labute approximate surface area is 113 Å². The van der Waals surface area contributed by atoms with E-state index in [0.717, 1.165) is 17.1 Å². The molecule has 1 aromatic carbocycles. The van der Waals surface area contributed by atoms with Gasteiger partial charge in [-0.1, -0.05) is 6.07 Å². The zero-order valence-corrected chi connectivity index (χ0v) is 11.8. The van der Waals surface area contributed by atoms with Gasteiger partial charge in [-0.05, 0) is 31.7 Å². The lowest BCUT2D eigenvalue weighted by Gasteiger charge is -2.14. The molecule has 1 aromatic rings. The molecule has 19 heavy (non-hydrogen) atoms. The van der Waals surface area contributed by atoms with E-state index in [4.69, 9.17) is 9.47 Å². The van der Waals surface area contributed by atoms with Gasteiger partial charge in [0.25, 0.3) is 0 Å². The van der Waals surface area contributed by atoms with Crippen LogP contribution in [0.4, 0.5) is 0 Å². The van der Waals surface area contributed by atoms with Crippen molar-refractivity contribution in [1.29, 1.82) is 0 Å². The highest BCUT2D eigenvalue weighted by atomic mass is 32.2. The number of nitrogens with one attached hydrogen (secondary N) is 2. The van der Waals surface area contributed by atoms with Crippen molar-refractivity contribution in [3.63, 3.8) is 0 Å². The summed E-state index contributed by atoms with van der Waals surface area (Å²) in [5, 5.41) is 3.16. The molecule has 0 fully saturated rings. The van der Waals surface area contributed by atoms with Crippen molar-refractivity contribution >= 4 is 10.0 Å². The van der Waals surface area contributed by atoms with Crippen molar-refractivity contribution in [3.8, 4) is 11.5 Å². The predicted octanol–water partition coefficient (Wildman–Crippen LogP) is 0.615. The summed E-state index contributed by atoms with van der Waals surface area (Å²) < 4.78 is 35.4. The Morgan fingerprint density at radius 2 is 2.05 bits per heavy atom. The van der Waals surface area contributed by atoms with Crippen LogP contribution in [0.15, 0.2) is 18.2 Å². The third-order valence-corrected chi connectivity index (χ3v) is 4.39. The Bertz CT molecular complexity index is 545. The van der Waals surface area contributed by atoms with E-state index in [9.17, 15) is 8.42 Å². The van der Waals surface area contributed by atoms with Gasteiger partial charge < -0.3 is 14.8 Å². The number of hydrogen-bond donors (Lipinski definition) is 2. The summed E-state index contributed by atoms with van der Waals surface area (Å²) in [4.78, 5) is 0. The van der Waals surface area contributed by atoms with Gasteiger partial charge in [-0.15, -0.1) is 0 Å². The van der Waals surface area contributed by atoms with Crippen molar-refractivity contribution in [2.45, 2.75) is 13.0 Å². The molecule has 0 bridgehead atoms. The lowest BCUT2D eigenvalue weighted by molar-refractivity contribution is 0.174. The van der Waals surface area contributed by atoms with Gasteiger partial charge in [0, 0.05) is 12.6 Å². The summed E-state index contributed by atoms with van der Waals surface area (Å²) in [7, 11) is -1.75. The molecule has 106 valence electrons. The Kier molecular flexibility index (Phi) is 4.28. The Balaban J connectivity index is 1.91. The summed E-state index contributed by atoms with van der Waals surface area (Å²) in [5.41, 5.74) is 1.03. The molecule has 2 N–H and O–H groups in total. The topological polar surface area (TPSA) is 76.7 Å². The molecule has 1 aliphatic heterocycles. The van der Waals surface area contributed by atoms with Gasteiger partial charge in [0.05, 0.1) is 5.75 Å². The first-order valence-corrected chi connectivity index (χ1v) is 7.71. The monoisotopic (exact) mass is 286 g/mol. The number of sulfonamides is 1. The van der Waals surface area contributed by atoms with Gasteiger partial charge in [-0.25, -0.2) is 13.1 Å². The van der Waals surface area contributed by atoms with Crippen molar-refractivity contribution in [1.82, 2.24) is 10.0 Å². The fourth-order valence-corrected chi connectivity index (χ4v) is 2.40. The van der Waals surface area contributed by atoms with E-state index < -0.39 is 10.0 Å². The molecular formula is C12H18N2O4S. The highest BCUT2D eigenvalue weighted by Crippen LogP contribution is 2.33. The van der Waals surface area contributed by atoms with Gasteiger partial charge in [0.1, 0.15) is 0 Å². The van der Waals surface area contributed by atoms with Crippen LogP contribution >= 0.6 is 0 Å². The summed E-state index contributed by atoms with van der Waals surface area (Å²) in [5.74, 6) is 1.53. The zero-order valence-electron chi connectivity index (χ0n) is 11.0. The fraction of sp³-hybridized carbons (Fsp3) is 0.500. The third kappa shape index (κ3) is 3.59. The first-order chi connectivity index (χ1) is 9.02. The Hall–Kier alpha value is -1.31. The molecule has 1 aliphatic rings. The summed E-state index contributed by atoms with van der Waals surface area (Å²) in [6.07, 6.45) is 0. The maximum absolute atomic E-state index is 11.3. The number of hydrogen-bond acceptors (Lipinski definition) is 5. The van der Waals surface area contributed by atoms with E-state index in [2.05, 4.69) is 10.0 Å². The van der Waals surface area contributed by atoms with Crippen LogP contribution in [0.25, 0.3) is 0 Å². The minimum absolute atomic E-state index is 0.0431. The maximum atomic E-state index is 11.3. The molecule has 1 atom stereocenters. The summed E-state index contributed by atoms with van der Waals surface area (Å²) in [6, 6.07) is 5.76. The van der Waals surface area contributed by atoms with Gasteiger partial charge in [-0.2, -0.15) is 0 Å². The van der Waals surface area contributed by atoms with Gasteiger partial charge >= 0.3 is 0 Å². The van der Waals surface area contributed by atoms with Crippen molar-refractivity contribution in [2.75, 3.05) is 26.1 Å². The molecule has 2 rings (SSSR count). The van der Waals surface area contributed by atoms with E-state index >= 15 is 0 Å². The first-order valence-electron chi connectivity index (χ1n) is 6.06. The highest BCUT2D eigenvalue weighted by Gasteiger charge is 2.16. The van der Waals surface area contributed by atoms with Crippen LogP contribution in [0.1, 0.15) is 18.5 Å². The Morgan fingerprint density at radius 3 is 2.79 bits per heavy atom. The van der Waals surface area contributed by atoms with Crippen LogP contribution in [0.3, 0.4) is 0 Å². The SMILES string of the molecule is CNS(=O)(=O)CCNC(C)c1ccc2c(c1)OCO2. The number of ether oxygens (including phenoxy) is 2. The second-order valence-corrected chi connectivity index (χ2v) is 6.36. The first kappa shape index (κ1) is 14.1. The average molecular weight is 286 g/mol. The quantitative estimate of drug-likeness (QED) is 0.801. The molecule has 0 saturated carbocycles. The van der Waals surface area contributed by atoms with E-state index in [1.54, 1.807) is 0 Å². The number of benzene rings is 1. The Morgan fingerprint density at radius 1 is 1.32 bits per heavy atom. The molecular weight excluding hydrogens is 268 g/mol. The molecule has 0 aromatic heterocycles. The van der Waals surface area contributed by atoms with Crippen LogP contribution < -0.4 is 19.5 Å². The molecule has 0 radical (unpaired) electrons. The van der Waals surface area contributed by atoms with Gasteiger partial charge in [-0.3, -0.25) is 0 Å². The van der Waals surface area contributed by atoms with Crippen molar-refractivity contribution in [3.05, 3.63) is 23.8 Å². The van der Waals surface area contributed by atoms with E-state index in [1.807, 2.05) is 25.1 Å². The van der Waals surface area contributed by atoms with Crippen molar-refractivity contribution < 1.29 is 17.9 Å².